The van der Waals surface area contributed by atoms with E-state index in [-0.39, 0.29) is 0 Å². The molecule has 1 aromatic heterocycles. The molecule has 19 heavy (non-hydrogen) atoms. The van der Waals surface area contributed by atoms with Crippen molar-refractivity contribution in [2.24, 2.45) is 0 Å². The molecule has 2 aromatic rings. The molecule has 2 rings (SSSR count). The predicted octanol–water partition coefficient (Wildman–Crippen LogP) is 4.70. The van der Waals surface area contributed by atoms with Crippen molar-refractivity contribution >= 4 is 45.9 Å². The second-order valence-corrected chi connectivity index (χ2v) is 6.42. The summed E-state index contributed by atoms with van der Waals surface area (Å²) in [6.45, 7) is 2.17. The lowest BCUT2D eigenvalue weighted by atomic mass is 10.1. The van der Waals surface area contributed by atoms with E-state index in [9.17, 15) is 0 Å². The van der Waals surface area contributed by atoms with Crippen molar-refractivity contribution in [1.82, 2.24) is 0 Å². The van der Waals surface area contributed by atoms with Gasteiger partial charge in [0.15, 0.2) is 0 Å². The van der Waals surface area contributed by atoms with Gasteiger partial charge in [-0.3, -0.25) is 0 Å². The summed E-state index contributed by atoms with van der Waals surface area (Å²) in [4.78, 5) is 3.50. The largest absolute Gasteiger partial charge is 0.397 e. The average molecular weight is 315 g/mol. The fourth-order valence-corrected chi connectivity index (χ4v) is 3.11. The van der Waals surface area contributed by atoms with Crippen LogP contribution in [0.25, 0.3) is 0 Å². The minimum absolute atomic E-state index is 0.332. The Labute approximate surface area is 127 Å². The number of likely N-dealkylation sites (N-methyl/N-ethyl adjacent to an activating group) is 1. The third kappa shape index (κ3) is 3.35. The SMILES string of the molecule is CC(Cc1cccs1)N(C)c1cc(Cl)c(Cl)cc1N. The number of nitrogens with zero attached hydrogens (tertiary/aromatic N) is 1. The number of rotatable bonds is 4. The molecule has 1 unspecified atom stereocenters. The Morgan fingerprint density at radius 3 is 2.63 bits per heavy atom. The van der Waals surface area contributed by atoms with Gasteiger partial charge in [-0.15, -0.1) is 11.3 Å². The van der Waals surface area contributed by atoms with Crippen LogP contribution in [0.5, 0.6) is 0 Å². The molecule has 0 aliphatic heterocycles. The van der Waals surface area contributed by atoms with Crippen molar-refractivity contribution in [2.45, 2.75) is 19.4 Å². The van der Waals surface area contributed by atoms with E-state index in [0.29, 0.717) is 21.8 Å². The molecule has 1 heterocycles. The van der Waals surface area contributed by atoms with E-state index >= 15 is 0 Å². The smallest absolute Gasteiger partial charge is 0.0615 e. The maximum Gasteiger partial charge on any atom is 0.0615 e. The van der Waals surface area contributed by atoms with Crippen LogP contribution in [0.1, 0.15) is 11.8 Å². The summed E-state index contributed by atoms with van der Waals surface area (Å²) in [6, 6.07) is 8.07. The van der Waals surface area contributed by atoms with Crippen LogP contribution in [0.15, 0.2) is 29.6 Å². The number of halogens is 2. The van der Waals surface area contributed by atoms with Crippen molar-refractivity contribution < 1.29 is 0 Å². The Balaban J connectivity index is 2.19. The molecule has 0 fully saturated rings. The lowest BCUT2D eigenvalue weighted by Crippen LogP contribution is -2.31. The Morgan fingerprint density at radius 1 is 1.32 bits per heavy atom. The molecule has 0 aliphatic carbocycles. The van der Waals surface area contributed by atoms with E-state index in [0.717, 1.165) is 12.1 Å². The number of hydrogen-bond donors (Lipinski definition) is 1. The topological polar surface area (TPSA) is 29.3 Å². The van der Waals surface area contributed by atoms with Crippen molar-refractivity contribution in [3.63, 3.8) is 0 Å². The van der Waals surface area contributed by atoms with Gasteiger partial charge in [-0.05, 0) is 30.5 Å². The fraction of sp³-hybridized carbons (Fsp3) is 0.286. The maximum atomic E-state index is 6.07. The highest BCUT2D eigenvalue weighted by atomic mass is 35.5. The first kappa shape index (κ1) is 14.5. The minimum Gasteiger partial charge on any atom is -0.397 e. The Morgan fingerprint density at radius 2 is 2.00 bits per heavy atom. The molecule has 0 radical (unpaired) electrons. The number of hydrogen-bond acceptors (Lipinski definition) is 3. The van der Waals surface area contributed by atoms with Gasteiger partial charge in [-0.25, -0.2) is 0 Å². The standard InChI is InChI=1S/C14H16Cl2N2S/c1-9(6-10-4-3-5-19-10)18(2)14-8-12(16)11(15)7-13(14)17/h3-5,7-9H,6,17H2,1-2H3. The number of thiophene rings is 1. The highest BCUT2D eigenvalue weighted by Crippen LogP contribution is 2.33. The summed E-state index contributed by atoms with van der Waals surface area (Å²) in [5.41, 5.74) is 7.58. The van der Waals surface area contributed by atoms with Crippen LogP contribution in [0.2, 0.25) is 10.0 Å². The number of benzene rings is 1. The molecular formula is C14H16Cl2N2S. The van der Waals surface area contributed by atoms with Crippen molar-refractivity contribution in [3.05, 3.63) is 44.6 Å². The molecule has 0 spiro atoms. The summed E-state index contributed by atoms with van der Waals surface area (Å²) in [5, 5.41) is 3.11. The van der Waals surface area contributed by atoms with E-state index in [1.807, 2.05) is 13.1 Å². The highest BCUT2D eigenvalue weighted by Gasteiger charge is 2.15. The summed E-state index contributed by atoms with van der Waals surface area (Å²) >= 11 is 13.8. The third-order valence-electron chi connectivity index (χ3n) is 3.19. The van der Waals surface area contributed by atoms with Gasteiger partial charge in [-0.2, -0.15) is 0 Å². The quantitative estimate of drug-likeness (QED) is 0.828. The van der Waals surface area contributed by atoms with Crippen molar-refractivity contribution in [2.75, 3.05) is 17.7 Å². The minimum atomic E-state index is 0.332. The molecule has 0 bridgehead atoms. The maximum absolute atomic E-state index is 6.07. The van der Waals surface area contributed by atoms with Gasteiger partial charge >= 0.3 is 0 Å². The molecule has 0 saturated carbocycles. The summed E-state index contributed by atoms with van der Waals surface area (Å²) < 4.78 is 0. The lowest BCUT2D eigenvalue weighted by Gasteiger charge is -2.28. The molecule has 102 valence electrons. The molecule has 0 saturated heterocycles. The first-order valence-corrected chi connectivity index (χ1v) is 7.62. The van der Waals surface area contributed by atoms with Gasteiger partial charge < -0.3 is 10.6 Å². The van der Waals surface area contributed by atoms with E-state index < -0.39 is 0 Å². The summed E-state index contributed by atoms with van der Waals surface area (Å²) in [7, 11) is 2.02. The zero-order chi connectivity index (χ0) is 14.0. The number of nitrogens with two attached hydrogens (primary N) is 1. The normalized spacial score (nSPS) is 12.4. The fourth-order valence-electron chi connectivity index (χ4n) is 1.95. The van der Waals surface area contributed by atoms with Gasteiger partial charge in [0.1, 0.15) is 0 Å². The summed E-state index contributed by atoms with van der Waals surface area (Å²) in [5.74, 6) is 0. The second-order valence-electron chi connectivity index (χ2n) is 4.57. The monoisotopic (exact) mass is 314 g/mol. The van der Waals surface area contributed by atoms with Gasteiger partial charge in [0.2, 0.25) is 0 Å². The number of anilines is 2. The molecule has 2 nitrogen and oxygen atoms in total. The molecule has 1 atom stereocenters. The molecule has 0 amide bonds. The Kier molecular flexibility index (Phi) is 4.61. The van der Waals surface area contributed by atoms with Gasteiger partial charge in [0, 0.05) is 24.4 Å². The first-order chi connectivity index (χ1) is 8.99. The van der Waals surface area contributed by atoms with E-state index in [2.05, 4.69) is 29.3 Å². The zero-order valence-electron chi connectivity index (χ0n) is 10.9. The van der Waals surface area contributed by atoms with Crippen molar-refractivity contribution in [1.29, 1.82) is 0 Å². The second kappa shape index (κ2) is 6.04. The molecule has 1 aromatic carbocycles. The van der Waals surface area contributed by atoms with Crippen LogP contribution in [0, 0.1) is 0 Å². The third-order valence-corrected chi connectivity index (χ3v) is 4.81. The van der Waals surface area contributed by atoms with Crippen LogP contribution in [0.4, 0.5) is 11.4 Å². The number of nitrogen functional groups attached to an aromatic ring is 1. The van der Waals surface area contributed by atoms with Gasteiger partial charge in [0.05, 0.1) is 21.4 Å². The molecule has 0 aliphatic rings. The van der Waals surface area contributed by atoms with Crippen LogP contribution in [-0.2, 0) is 6.42 Å². The van der Waals surface area contributed by atoms with Gasteiger partial charge in [0.25, 0.3) is 0 Å². The van der Waals surface area contributed by atoms with Crippen LogP contribution in [0.3, 0.4) is 0 Å². The molecular weight excluding hydrogens is 299 g/mol. The van der Waals surface area contributed by atoms with Crippen LogP contribution in [-0.4, -0.2) is 13.1 Å². The molecule has 2 N–H and O–H groups in total. The van der Waals surface area contributed by atoms with E-state index in [1.165, 1.54) is 4.88 Å². The predicted molar refractivity (Wildman–Crippen MR) is 86.8 cm³/mol. The van der Waals surface area contributed by atoms with Crippen molar-refractivity contribution in [3.8, 4) is 0 Å². The zero-order valence-corrected chi connectivity index (χ0v) is 13.2. The Bertz CT molecular complexity index is 555. The first-order valence-electron chi connectivity index (χ1n) is 5.98. The van der Waals surface area contributed by atoms with E-state index in [1.54, 1.807) is 17.4 Å². The molecule has 5 heteroatoms. The van der Waals surface area contributed by atoms with E-state index in [4.69, 9.17) is 28.9 Å². The highest BCUT2D eigenvalue weighted by molar-refractivity contribution is 7.09. The van der Waals surface area contributed by atoms with Crippen LogP contribution >= 0.6 is 34.5 Å². The van der Waals surface area contributed by atoms with Gasteiger partial charge in [-0.1, -0.05) is 29.3 Å². The Hall–Kier alpha value is -0.900. The summed E-state index contributed by atoms with van der Waals surface area (Å²) in [6.07, 6.45) is 0.980. The average Bonchev–Trinajstić information content (AvgIpc) is 2.85. The lowest BCUT2D eigenvalue weighted by molar-refractivity contribution is 0.689. The van der Waals surface area contributed by atoms with Crippen LogP contribution < -0.4 is 10.6 Å².